The molecule has 6 nitrogen and oxygen atoms in total. The summed E-state index contributed by atoms with van der Waals surface area (Å²) in [5, 5.41) is 11.3. The van der Waals surface area contributed by atoms with Gasteiger partial charge in [0.15, 0.2) is 16.2 Å². The van der Waals surface area contributed by atoms with Crippen molar-refractivity contribution >= 4 is 39.8 Å². The van der Waals surface area contributed by atoms with Crippen molar-refractivity contribution in [3.63, 3.8) is 0 Å². The molecule has 1 aromatic rings. The average molecular weight is 368 g/mol. The first-order chi connectivity index (χ1) is 10.8. The van der Waals surface area contributed by atoms with Gasteiger partial charge in [-0.1, -0.05) is 0 Å². The lowest BCUT2D eigenvalue weighted by Crippen LogP contribution is -2.32. The van der Waals surface area contributed by atoms with Gasteiger partial charge in [0, 0.05) is 19.0 Å². The van der Waals surface area contributed by atoms with Crippen LogP contribution in [0.1, 0.15) is 18.5 Å². The first kappa shape index (κ1) is 19.4. The van der Waals surface area contributed by atoms with E-state index in [0.717, 1.165) is 31.5 Å². The molecule has 130 valence electrons. The second-order valence-electron chi connectivity index (χ2n) is 4.55. The normalized spacial score (nSPS) is 12.1. The highest BCUT2D eigenvalue weighted by Gasteiger charge is 2.26. The largest absolute Gasteiger partial charge is 0.408 e. The van der Waals surface area contributed by atoms with Crippen LogP contribution in [0.2, 0.25) is 0 Å². The highest BCUT2D eigenvalue weighted by Crippen LogP contribution is 2.17. The van der Waals surface area contributed by atoms with Crippen molar-refractivity contribution in [3.05, 3.63) is 11.1 Å². The number of aromatic nitrogens is 1. The summed E-state index contributed by atoms with van der Waals surface area (Å²) in [6.45, 7) is -0.544. The third-order valence-electron chi connectivity index (χ3n) is 2.59. The maximum absolute atomic E-state index is 12.0. The van der Waals surface area contributed by atoms with Crippen molar-refractivity contribution in [1.29, 1.82) is 0 Å². The van der Waals surface area contributed by atoms with Crippen molar-refractivity contribution in [2.24, 2.45) is 10.7 Å². The van der Waals surface area contributed by atoms with E-state index < -0.39 is 12.7 Å². The lowest BCUT2D eigenvalue weighted by molar-refractivity contribution is -0.118. The van der Waals surface area contributed by atoms with Gasteiger partial charge < -0.3 is 21.7 Å². The molecule has 23 heavy (non-hydrogen) atoms. The van der Waals surface area contributed by atoms with Crippen LogP contribution < -0.4 is 21.7 Å². The molecule has 11 heteroatoms. The number of aliphatic imine (C=N–C) groups is 1. The Balaban J connectivity index is 2.30. The zero-order valence-electron chi connectivity index (χ0n) is 12.5. The first-order valence-electron chi connectivity index (χ1n) is 6.84. The van der Waals surface area contributed by atoms with Gasteiger partial charge in [0.2, 0.25) is 0 Å². The van der Waals surface area contributed by atoms with Crippen molar-refractivity contribution in [2.75, 3.05) is 25.5 Å². The summed E-state index contributed by atoms with van der Waals surface area (Å²) in [4.78, 5) is 7.46. The van der Waals surface area contributed by atoms with Gasteiger partial charge in [-0.2, -0.15) is 13.2 Å². The molecule has 5 N–H and O–H groups in total. The summed E-state index contributed by atoms with van der Waals surface area (Å²) < 4.78 is 36.0. The zero-order valence-corrected chi connectivity index (χ0v) is 14.2. The first-order valence-corrected chi connectivity index (χ1v) is 8.12. The standard InChI is InChI=1S/C12H19F3N6S2/c1-17-10(22)18-5-3-2-4-8-6-23-11(20-8)21-9(16)19-7-12(13,14)15/h6H,2-5,7H2,1H3,(H2,17,18,22)(H3,16,19,20,21). The predicted octanol–water partition coefficient (Wildman–Crippen LogP) is 1.85. The monoisotopic (exact) mass is 368 g/mol. The molecule has 0 radical (unpaired) electrons. The Morgan fingerprint density at radius 2 is 2.17 bits per heavy atom. The number of nitrogens with one attached hydrogen (secondary N) is 3. The zero-order chi connectivity index (χ0) is 17.3. The molecule has 0 amide bonds. The molecule has 0 saturated heterocycles. The van der Waals surface area contributed by atoms with Crippen LogP contribution in [0.4, 0.5) is 18.3 Å². The third-order valence-corrected chi connectivity index (χ3v) is 3.74. The maximum Gasteiger partial charge on any atom is 0.408 e. The minimum atomic E-state index is -4.37. The Hall–Kier alpha value is -1.62. The summed E-state index contributed by atoms with van der Waals surface area (Å²) in [6, 6.07) is 0. The van der Waals surface area contributed by atoms with E-state index >= 15 is 0 Å². The Morgan fingerprint density at radius 3 is 2.83 bits per heavy atom. The number of anilines is 1. The van der Waals surface area contributed by atoms with Crippen LogP contribution in [0.15, 0.2) is 10.4 Å². The van der Waals surface area contributed by atoms with E-state index in [1.807, 2.05) is 5.38 Å². The minimum absolute atomic E-state index is 0.298. The molecule has 0 aliphatic heterocycles. The lowest BCUT2D eigenvalue weighted by atomic mass is 10.2. The SMILES string of the molecule is CNC(=S)NCCCCc1csc(N/C(N)=N\CC(F)(F)F)n1. The van der Waals surface area contributed by atoms with Gasteiger partial charge in [0.25, 0.3) is 0 Å². The molecule has 0 aromatic carbocycles. The second kappa shape index (κ2) is 9.50. The number of rotatable bonds is 7. The number of thiocarbonyl (C=S) groups is 1. The van der Waals surface area contributed by atoms with E-state index in [-0.39, 0.29) is 5.96 Å². The second-order valence-corrected chi connectivity index (χ2v) is 5.82. The number of unbranched alkanes of at least 4 members (excludes halogenated alkanes) is 1. The summed E-state index contributed by atoms with van der Waals surface area (Å²) in [5.41, 5.74) is 6.24. The Labute approximate surface area is 141 Å². The topological polar surface area (TPSA) is 87.4 Å². The quantitative estimate of drug-likeness (QED) is 0.254. The minimum Gasteiger partial charge on any atom is -0.370 e. The third kappa shape index (κ3) is 9.18. The molecular formula is C12H19F3N6S2. The Morgan fingerprint density at radius 1 is 1.43 bits per heavy atom. The Bertz CT molecular complexity index is 529. The van der Waals surface area contributed by atoms with E-state index in [0.29, 0.717) is 10.2 Å². The van der Waals surface area contributed by atoms with Crippen LogP contribution in [-0.2, 0) is 6.42 Å². The number of thiazole rings is 1. The number of hydrogen-bond donors (Lipinski definition) is 4. The summed E-state index contributed by atoms with van der Waals surface area (Å²) >= 11 is 6.22. The molecule has 1 aromatic heterocycles. The number of alkyl halides is 3. The van der Waals surface area contributed by atoms with Gasteiger partial charge in [-0.05, 0) is 31.5 Å². The smallest absolute Gasteiger partial charge is 0.370 e. The van der Waals surface area contributed by atoms with E-state index in [2.05, 4.69) is 25.9 Å². The summed E-state index contributed by atoms with van der Waals surface area (Å²) in [6.07, 6.45) is -1.76. The molecule has 1 rings (SSSR count). The van der Waals surface area contributed by atoms with Crippen molar-refractivity contribution in [1.82, 2.24) is 15.6 Å². The van der Waals surface area contributed by atoms with Crippen molar-refractivity contribution in [2.45, 2.75) is 25.4 Å². The van der Waals surface area contributed by atoms with Crippen LogP contribution in [-0.4, -0.2) is 42.4 Å². The number of halogens is 3. The van der Waals surface area contributed by atoms with E-state index in [9.17, 15) is 13.2 Å². The number of hydrogen-bond acceptors (Lipinski definition) is 4. The molecule has 0 unspecified atom stereocenters. The van der Waals surface area contributed by atoms with E-state index in [1.165, 1.54) is 11.3 Å². The van der Waals surface area contributed by atoms with Gasteiger partial charge in [-0.25, -0.2) is 9.98 Å². The number of guanidine groups is 1. The van der Waals surface area contributed by atoms with Gasteiger partial charge in [-0.3, -0.25) is 0 Å². The van der Waals surface area contributed by atoms with Crippen LogP contribution in [0.25, 0.3) is 0 Å². The van der Waals surface area contributed by atoms with Gasteiger partial charge in [0.05, 0.1) is 5.69 Å². The molecular weight excluding hydrogens is 349 g/mol. The number of nitrogens with two attached hydrogens (primary N) is 1. The molecule has 0 bridgehead atoms. The fourth-order valence-corrected chi connectivity index (χ4v) is 2.38. The van der Waals surface area contributed by atoms with Crippen LogP contribution in [0, 0.1) is 0 Å². The molecule has 0 aliphatic rings. The van der Waals surface area contributed by atoms with Gasteiger partial charge >= 0.3 is 6.18 Å². The highest BCUT2D eigenvalue weighted by atomic mass is 32.1. The van der Waals surface area contributed by atoms with Crippen LogP contribution in [0.3, 0.4) is 0 Å². The van der Waals surface area contributed by atoms with Crippen molar-refractivity contribution in [3.8, 4) is 0 Å². The van der Waals surface area contributed by atoms with Crippen molar-refractivity contribution < 1.29 is 13.2 Å². The summed E-state index contributed by atoms with van der Waals surface area (Å²) in [7, 11) is 1.75. The van der Waals surface area contributed by atoms with E-state index in [4.69, 9.17) is 18.0 Å². The van der Waals surface area contributed by atoms with Crippen LogP contribution in [0.5, 0.6) is 0 Å². The fourth-order valence-electron chi connectivity index (χ4n) is 1.52. The number of nitrogens with zero attached hydrogens (tertiary/aromatic N) is 2. The highest BCUT2D eigenvalue weighted by molar-refractivity contribution is 7.80. The molecule has 0 aliphatic carbocycles. The van der Waals surface area contributed by atoms with Gasteiger partial charge in [-0.15, -0.1) is 11.3 Å². The molecule has 1 heterocycles. The lowest BCUT2D eigenvalue weighted by Gasteiger charge is -2.05. The molecule has 0 atom stereocenters. The maximum atomic E-state index is 12.0. The van der Waals surface area contributed by atoms with Crippen LogP contribution >= 0.6 is 23.6 Å². The fraction of sp³-hybridized carbons (Fsp3) is 0.583. The predicted molar refractivity (Wildman–Crippen MR) is 90.9 cm³/mol. The van der Waals surface area contributed by atoms with E-state index in [1.54, 1.807) is 7.05 Å². The summed E-state index contributed by atoms with van der Waals surface area (Å²) in [5.74, 6) is -0.298. The molecule has 0 saturated carbocycles. The number of aryl methyl sites for hydroxylation is 1. The molecule has 0 spiro atoms. The average Bonchev–Trinajstić information content (AvgIpc) is 2.91. The van der Waals surface area contributed by atoms with Gasteiger partial charge in [0.1, 0.15) is 6.54 Å². The Kier molecular flexibility index (Phi) is 8.03. The molecule has 0 fully saturated rings.